The van der Waals surface area contributed by atoms with Crippen LogP contribution in [0.2, 0.25) is 0 Å². The van der Waals surface area contributed by atoms with Gasteiger partial charge in [-0.3, -0.25) is 9.59 Å². The number of nitrogens with one attached hydrogen (secondary N) is 1. The molecule has 0 fully saturated rings. The second-order valence-electron chi connectivity index (χ2n) is 3.39. The summed E-state index contributed by atoms with van der Waals surface area (Å²) in [5.41, 5.74) is 1.30. The van der Waals surface area contributed by atoms with Crippen LogP contribution in [0.3, 0.4) is 0 Å². The summed E-state index contributed by atoms with van der Waals surface area (Å²) in [6.07, 6.45) is 5.89. The molecule has 1 aromatic rings. The van der Waals surface area contributed by atoms with E-state index >= 15 is 0 Å². The van der Waals surface area contributed by atoms with E-state index < -0.39 is 0 Å². The molecule has 1 N–H and O–H groups in total. The lowest BCUT2D eigenvalue weighted by Gasteiger charge is -2.03. The van der Waals surface area contributed by atoms with Crippen molar-refractivity contribution in [2.45, 2.75) is 19.8 Å². The van der Waals surface area contributed by atoms with Gasteiger partial charge in [0, 0.05) is 31.0 Å². The van der Waals surface area contributed by atoms with Crippen molar-refractivity contribution in [3.8, 4) is 12.3 Å². The van der Waals surface area contributed by atoms with E-state index in [0.717, 1.165) is 0 Å². The zero-order valence-electron chi connectivity index (χ0n) is 9.12. The molecule has 3 nitrogen and oxygen atoms in total. The van der Waals surface area contributed by atoms with Crippen molar-refractivity contribution in [1.29, 1.82) is 0 Å². The Kier molecular flexibility index (Phi) is 4.28. The summed E-state index contributed by atoms with van der Waals surface area (Å²) in [5, 5.41) is 2.63. The van der Waals surface area contributed by atoms with Crippen molar-refractivity contribution in [3.63, 3.8) is 0 Å². The van der Waals surface area contributed by atoms with Gasteiger partial charge in [0.1, 0.15) is 0 Å². The van der Waals surface area contributed by atoms with Gasteiger partial charge in [-0.2, -0.15) is 0 Å². The summed E-state index contributed by atoms with van der Waals surface area (Å²) in [7, 11) is 0. The number of ketones is 1. The Morgan fingerprint density at radius 2 is 1.94 bits per heavy atom. The highest BCUT2D eigenvalue weighted by Gasteiger charge is 2.04. The molecule has 16 heavy (non-hydrogen) atoms. The monoisotopic (exact) mass is 215 g/mol. The summed E-state index contributed by atoms with van der Waals surface area (Å²) in [6.45, 7) is 1.44. The van der Waals surface area contributed by atoms with Crippen LogP contribution in [0, 0.1) is 12.3 Å². The molecule has 0 saturated carbocycles. The van der Waals surface area contributed by atoms with Crippen LogP contribution >= 0.6 is 0 Å². The summed E-state index contributed by atoms with van der Waals surface area (Å²) >= 11 is 0. The molecule has 0 unspecified atom stereocenters. The normalized spacial score (nSPS) is 9.25. The molecule has 1 rings (SSSR count). The smallest absolute Gasteiger partial charge is 0.221 e. The van der Waals surface area contributed by atoms with E-state index in [1.165, 1.54) is 6.92 Å². The maximum Gasteiger partial charge on any atom is 0.221 e. The van der Waals surface area contributed by atoms with E-state index in [4.69, 9.17) is 6.42 Å². The number of Topliss-reactive ketones (excluding diaryl/α,β-unsaturated/α-hetero) is 1. The number of terminal acetylenes is 1. The van der Waals surface area contributed by atoms with Crippen LogP contribution in [0.5, 0.6) is 0 Å². The molecule has 0 aliphatic rings. The number of rotatable bonds is 4. The molecule has 0 aromatic heterocycles. The second kappa shape index (κ2) is 5.72. The molecule has 0 aliphatic heterocycles. The molecule has 0 radical (unpaired) electrons. The first kappa shape index (κ1) is 12.0. The van der Waals surface area contributed by atoms with Gasteiger partial charge in [-0.05, 0) is 24.3 Å². The third kappa shape index (κ3) is 3.58. The summed E-state index contributed by atoms with van der Waals surface area (Å²) in [6, 6.07) is 6.77. The van der Waals surface area contributed by atoms with Gasteiger partial charge in [-0.25, -0.2) is 0 Å². The van der Waals surface area contributed by atoms with Crippen LogP contribution in [0.4, 0.5) is 5.69 Å². The van der Waals surface area contributed by atoms with E-state index in [2.05, 4.69) is 11.2 Å². The lowest BCUT2D eigenvalue weighted by molar-refractivity contribution is -0.114. The Balaban J connectivity index is 2.67. The lowest BCUT2D eigenvalue weighted by Crippen LogP contribution is -2.06. The van der Waals surface area contributed by atoms with E-state index in [0.29, 0.717) is 24.1 Å². The van der Waals surface area contributed by atoms with Crippen molar-refractivity contribution >= 4 is 17.4 Å². The molecule has 0 heterocycles. The van der Waals surface area contributed by atoms with Gasteiger partial charge in [0.05, 0.1) is 0 Å². The van der Waals surface area contributed by atoms with Gasteiger partial charge >= 0.3 is 0 Å². The van der Waals surface area contributed by atoms with Crippen molar-refractivity contribution < 1.29 is 9.59 Å². The van der Waals surface area contributed by atoms with Gasteiger partial charge in [-0.1, -0.05) is 0 Å². The number of carbonyl (C=O) groups excluding carboxylic acids is 2. The highest BCUT2D eigenvalue weighted by molar-refractivity contribution is 5.97. The van der Waals surface area contributed by atoms with Gasteiger partial charge in [0.25, 0.3) is 0 Å². The molecule has 0 bridgehead atoms. The van der Waals surface area contributed by atoms with Gasteiger partial charge in [0.15, 0.2) is 5.78 Å². The maximum atomic E-state index is 11.6. The van der Waals surface area contributed by atoms with Crippen molar-refractivity contribution in [3.05, 3.63) is 29.8 Å². The molecule has 0 saturated heterocycles. The van der Waals surface area contributed by atoms with Crippen LogP contribution in [0.1, 0.15) is 30.1 Å². The third-order valence-electron chi connectivity index (χ3n) is 2.02. The minimum Gasteiger partial charge on any atom is -0.326 e. The van der Waals surface area contributed by atoms with E-state index in [1.54, 1.807) is 24.3 Å². The predicted molar refractivity (Wildman–Crippen MR) is 63.1 cm³/mol. The fourth-order valence-electron chi connectivity index (χ4n) is 1.27. The molecule has 1 aromatic carbocycles. The zero-order chi connectivity index (χ0) is 12.0. The fourth-order valence-corrected chi connectivity index (χ4v) is 1.27. The third-order valence-corrected chi connectivity index (χ3v) is 2.02. The number of amides is 1. The zero-order valence-corrected chi connectivity index (χ0v) is 9.12. The maximum absolute atomic E-state index is 11.6. The number of carbonyl (C=O) groups is 2. The van der Waals surface area contributed by atoms with E-state index in [9.17, 15) is 9.59 Å². The molecule has 82 valence electrons. The molecule has 0 aliphatic carbocycles. The van der Waals surface area contributed by atoms with Gasteiger partial charge in [-0.15, -0.1) is 12.3 Å². The molecule has 0 spiro atoms. The summed E-state index contributed by atoms with van der Waals surface area (Å²) in [4.78, 5) is 22.3. The van der Waals surface area contributed by atoms with Crippen LogP contribution in [-0.2, 0) is 4.79 Å². The van der Waals surface area contributed by atoms with Gasteiger partial charge < -0.3 is 5.32 Å². The quantitative estimate of drug-likeness (QED) is 0.618. The molecular weight excluding hydrogens is 202 g/mol. The second-order valence-corrected chi connectivity index (χ2v) is 3.39. The van der Waals surface area contributed by atoms with Crippen molar-refractivity contribution in [2.24, 2.45) is 0 Å². The van der Waals surface area contributed by atoms with Crippen molar-refractivity contribution in [2.75, 3.05) is 5.32 Å². The predicted octanol–water partition coefficient (Wildman–Crippen LogP) is 2.24. The van der Waals surface area contributed by atoms with E-state index in [1.807, 2.05) is 0 Å². The summed E-state index contributed by atoms with van der Waals surface area (Å²) in [5.74, 6) is 2.32. The number of benzene rings is 1. The first-order chi connectivity index (χ1) is 7.63. The fraction of sp³-hybridized carbons (Fsp3) is 0.231. The standard InChI is InChI=1S/C13H13NO2/c1-3-4-5-13(16)11-6-8-12(9-7-11)14-10(2)15/h1,6-9H,4-5H2,2H3,(H,14,15). The average Bonchev–Trinajstić information content (AvgIpc) is 2.26. The minimum atomic E-state index is -0.133. The first-order valence-electron chi connectivity index (χ1n) is 4.98. The van der Waals surface area contributed by atoms with Crippen molar-refractivity contribution in [1.82, 2.24) is 0 Å². The first-order valence-corrected chi connectivity index (χ1v) is 4.98. The molecule has 1 amide bonds. The number of anilines is 1. The van der Waals surface area contributed by atoms with Crippen LogP contribution in [0.15, 0.2) is 24.3 Å². The van der Waals surface area contributed by atoms with Gasteiger partial charge in [0.2, 0.25) is 5.91 Å². The van der Waals surface area contributed by atoms with Crippen LogP contribution < -0.4 is 5.32 Å². The van der Waals surface area contributed by atoms with E-state index in [-0.39, 0.29) is 11.7 Å². The van der Waals surface area contributed by atoms with Crippen LogP contribution in [0.25, 0.3) is 0 Å². The Hall–Kier alpha value is -2.08. The Morgan fingerprint density at radius 1 is 1.31 bits per heavy atom. The molecular formula is C13H13NO2. The average molecular weight is 215 g/mol. The molecule has 3 heteroatoms. The number of hydrogen-bond donors (Lipinski definition) is 1. The lowest BCUT2D eigenvalue weighted by atomic mass is 10.1. The number of hydrogen-bond acceptors (Lipinski definition) is 2. The summed E-state index contributed by atoms with van der Waals surface area (Å²) < 4.78 is 0. The SMILES string of the molecule is C#CCCC(=O)c1ccc(NC(C)=O)cc1. The Bertz CT molecular complexity index is 426. The Morgan fingerprint density at radius 3 is 2.44 bits per heavy atom. The highest BCUT2D eigenvalue weighted by Crippen LogP contribution is 2.11. The topological polar surface area (TPSA) is 46.2 Å². The highest BCUT2D eigenvalue weighted by atomic mass is 16.1. The Labute approximate surface area is 94.9 Å². The molecule has 0 atom stereocenters. The minimum absolute atomic E-state index is 0.0207. The largest absolute Gasteiger partial charge is 0.326 e. The van der Waals surface area contributed by atoms with Crippen LogP contribution in [-0.4, -0.2) is 11.7 Å².